The van der Waals surface area contributed by atoms with Gasteiger partial charge in [-0.3, -0.25) is 19.3 Å². The topological polar surface area (TPSA) is 70.8 Å². The smallest absolute Gasteiger partial charge is 0.257 e. The number of nitrogens with zero attached hydrogens (tertiary/aromatic N) is 2. The van der Waals surface area contributed by atoms with Gasteiger partial charge < -0.3 is 9.32 Å². The van der Waals surface area contributed by atoms with E-state index in [1.165, 1.54) is 17.4 Å². The average Bonchev–Trinajstić information content (AvgIpc) is 2.96. The van der Waals surface area contributed by atoms with Crippen LogP contribution in [0.3, 0.4) is 0 Å². The molecule has 0 radical (unpaired) electrons. The number of carbonyl (C=O) groups excluding carboxylic acids is 3. The third-order valence-corrected chi connectivity index (χ3v) is 3.61. The summed E-state index contributed by atoms with van der Waals surface area (Å²) in [6.45, 7) is 1.61. The SMILES string of the molecule is O=C(c1ccoc1)N1CC(CN2C(=O)CCC2=O)C1. The Morgan fingerprint density at radius 3 is 2.53 bits per heavy atom. The van der Waals surface area contributed by atoms with Crippen molar-refractivity contribution < 1.29 is 18.8 Å². The van der Waals surface area contributed by atoms with E-state index in [0.717, 1.165) is 0 Å². The van der Waals surface area contributed by atoms with E-state index in [1.54, 1.807) is 11.0 Å². The lowest BCUT2D eigenvalue weighted by Crippen LogP contribution is -2.54. The summed E-state index contributed by atoms with van der Waals surface area (Å²) in [5.74, 6) is -0.0554. The zero-order valence-corrected chi connectivity index (χ0v) is 10.4. The molecule has 6 nitrogen and oxygen atoms in total. The van der Waals surface area contributed by atoms with Crippen LogP contribution in [0.15, 0.2) is 23.0 Å². The maximum atomic E-state index is 11.9. The van der Waals surface area contributed by atoms with Gasteiger partial charge in [-0.15, -0.1) is 0 Å². The molecule has 0 N–H and O–H groups in total. The standard InChI is InChI=1S/C13H14N2O4/c16-11-1-2-12(17)15(11)7-9-5-14(6-9)13(18)10-3-4-19-8-10/h3-4,8-9H,1-2,5-7H2. The van der Waals surface area contributed by atoms with Crippen LogP contribution in [-0.4, -0.2) is 47.2 Å². The Labute approximate surface area is 110 Å². The van der Waals surface area contributed by atoms with Crippen molar-refractivity contribution in [2.24, 2.45) is 5.92 Å². The third-order valence-electron chi connectivity index (χ3n) is 3.61. The summed E-state index contributed by atoms with van der Waals surface area (Å²) >= 11 is 0. The maximum Gasteiger partial charge on any atom is 0.257 e. The normalized spacial score (nSPS) is 20.0. The first-order valence-electron chi connectivity index (χ1n) is 6.30. The monoisotopic (exact) mass is 262 g/mol. The fourth-order valence-corrected chi connectivity index (χ4v) is 2.50. The van der Waals surface area contributed by atoms with Crippen LogP contribution in [0.1, 0.15) is 23.2 Å². The number of furan rings is 1. The highest BCUT2D eigenvalue weighted by molar-refractivity contribution is 6.02. The minimum atomic E-state index is -0.0930. The number of carbonyl (C=O) groups is 3. The van der Waals surface area contributed by atoms with Crippen LogP contribution in [-0.2, 0) is 9.59 Å². The van der Waals surface area contributed by atoms with Crippen LogP contribution in [0.25, 0.3) is 0 Å². The highest BCUT2D eigenvalue weighted by atomic mass is 16.3. The molecule has 0 unspecified atom stereocenters. The number of rotatable bonds is 3. The molecule has 0 aromatic carbocycles. The first-order valence-corrected chi connectivity index (χ1v) is 6.30. The number of likely N-dealkylation sites (tertiary alicyclic amines) is 2. The molecule has 3 rings (SSSR count). The summed E-state index contributed by atoms with van der Waals surface area (Å²) in [6.07, 6.45) is 3.53. The largest absolute Gasteiger partial charge is 0.472 e. The lowest BCUT2D eigenvalue weighted by molar-refractivity contribution is -0.139. The Hall–Kier alpha value is -2.11. The van der Waals surface area contributed by atoms with Gasteiger partial charge >= 0.3 is 0 Å². The number of imide groups is 1. The molecule has 3 heterocycles. The van der Waals surface area contributed by atoms with Crippen molar-refractivity contribution in [2.75, 3.05) is 19.6 Å². The summed E-state index contributed by atoms with van der Waals surface area (Å²) in [7, 11) is 0. The molecule has 2 aliphatic rings. The number of hydrogen-bond donors (Lipinski definition) is 0. The zero-order valence-electron chi connectivity index (χ0n) is 10.4. The van der Waals surface area contributed by atoms with E-state index in [1.807, 2.05) is 0 Å². The van der Waals surface area contributed by atoms with Gasteiger partial charge in [0.1, 0.15) is 6.26 Å². The quantitative estimate of drug-likeness (QED) is 0.744. The molecule has 6 heteroatoms. The van der Waals surface area contributed by atoms with Crippen LogP contribution < -0.4 is 0 Å². The highest BCUT2D eigenvalue weighted by Crippen LogP contribution is 2.22. The summed E-state index contributed by atoms with van der Waals surface area (Å²) in [5.41, 5.74) is 0.534. The van der Waals surface area contributed by atoms with Crippen LogP contribution in [0, 0.1) is 5.92 Å². The Morgan fingerprint density at radius 2 is 1.95 bits per heavy atom. The van der Waals surface area contributed by atoms with Gasteiger partial charge in [-0.25, -0.2) is 0 Å². The molecule has 0 bridgehead atoms. The van der Waals surface area contributed by atoms with E-state index >= 15 is 0 Å². The fourth-order valence-electron chi connectivity index (χ4n) is 2.50. The van der Waals surface area contributed by atoms with E-state index in [4.69, 9.17) is 4.42 Å². The highest BCUT2D eigenvalue weighted by Gasteiger charge is 2.37. The summed E-state index contributed by atoms with van der Waals surface area (Å²) in [6, 6.07) is 1.63. The second-order valence-corrected chi connectivity index (χ2v) is 4.99. The molecule has 1 aromatic heterocycles. The van der Waals surface area contributed by atoms with Gasteiger partial charge in [-0.2, -0.15) is 0 Å². The van der Waals surface area contributed by atoms with Crippen LogP contribution in [0.4, 0.5) is 0 Å². The van der Waals surface area contributed by atoms with Crippen molar-refractivity contribution in [2.45, 2.75) is 12.8 Å². The summed E-state index contributed by atoms with van der Waals surface area (Å²) < 4.78 is 4.87. The lowest BCUT2D eigenvalue weighted by atomic mass is 9.98. The van der Waals surface area contributed by atoms with E-state index < -0.39 is 0 Å². The maximum absolute atomic E-state index is 11.9. The van der Waals surface area contributed by atoms with Crippen molar-refractivity contribution in [3.63, 3.8) is 0 Å². The minimum absolute atomic E-state index is 0.0657. The molecule has 2 saturated heterocycles. The van der Waals surface area contributed by atoms with Gasteiger partial charge in [0.15, 0.2) is 0 Å². The molecular formula is C13H14N2O4. The first kappa shape index (κ1) is 12.0. The van der Waals surface area contributed by atoms with Crippen molar-refractivity contribution in [1.29, 1.82) is 0 Å². The van der Waals surface area contributed by atoms with Gasteiger partial charge in [0.25, 0.3) is 5.91 Å². The Bertz CT molecular complexity index is 501. The summed E-state index contributed by atoms with van der Waals surface area (Å²) in [4.78, 5) is 37.9. The van der Waals surface area contributed by atoms with E-state index in [0.29, 0.717) is 38.0 Å². The van der Waals surface area contributed by atoms with Gasteiger partial charge in [-0.1, -0.05) is 0 Å². The van der Waals surface area contributed by atoms with E-state index in [9.17, 15) is 14.4 Å². The van der Waals surface area contributed by atoms with E-state index in [-0.39, 0.29) is 23.6 Å². The molecule has 0 atom stereocenters. The molecule has 2 fully saturated rings. The average molecular weight is 262 g/mol. The Kier molecular flexibility index (Phi) is 2.85. The van der Waals surface area contributed by atoms with Gasteiger partial charge in [0.2, 0.25) is 11.8 Å². The molecule has 19 heavy (non-hydrogen) atoms. The lowest BCUT2D eigenvalue weighted by Gasteiger charge is -2.40. The van der Waals surface area contributed by atoms with Gasteiger partial charge in [-0.05, 0) is 6.07 Å². The first-order chi connectivity index (χ1) is 9.15. The molecule has 3 amide bonds. The minimum Gasteiger partial charge on any atom is -0.472 e. The van der Waals surface area contributed by atoms with Crippen molar-refractivity contribution in [3.05, 3.63) is 24.2 Å². The Morgan fingerprint density at radius 1 is 1.26 bits per heavy atom. The second-order valence-electron chi connectivity index (χ2n) is 4.99. The third kappa shape index (κ3) is 2.14. The van der Waals surface area contributed by atoms with Crippen molar-refractivity contribution in [3.8, 4) is 0 Å². The Balaban J connectivity index is 1.52. The molecule has 0 saturated carbocycles. The van der Waals surface area contributed by atoms with Crippen LogP contribution in [0.2, 0.25) is 0 Å². The van der Waals surface area contributed by atoms with Crippen LogP contribution in [0.5, 0.6) is 0 Å². The van der Waals surface area contributed by atoms with Crippen LogP contribution >= 0.6 is 0 Å². The number of hydrogen-bond acceptors (Lipinski definition) is 4. The molecular weight excluding hydrogens is 248 g/mol. The molecule has 0 aliphatic carbocycles. The number of amides is 3. The van der Waals surface area contributed by atoms with Crippen molar-refractivity contribution >= 4 is 17.7 Å². The van der Waals surface area contributed by atoms with Crippen molar-refractivity contribution in [1.82, 2.24) is 9.80 Å². The van der Waals surface area contributed by atoms with Gasteiger partial charge in [0, 0.05) is 38.4 Å². The van der Waals surface area contributed by atoms with Gasteiger partial charge in [0.05, 0.1) is 11.8 Å². The molecule has 2 aliphatic heterocycles. The molecule has 0 spiro atoms. The molecule has 1 aromatic rings. The van der Waals surface area contributed by atoms with E-state index in [2.05, 4.69) is 0 Å². The molecule has 100 valence electrons. The fraction of sp³-hybridized carbons (Fsp3) is 0.462. The zero-order chi connectivity index (χ0) is 13.4. The second kappa shape index (κ2) is 4.53. The summed E-state index contributed by atoms with van der Waals surface area (Å²) in [5, 5.41) is 0. The predicted molar refractivity (Wildman–Crippen MR) is 64.1 cm³/mol. The predicted octanol–water partition coefficient (Wildman–Crippen LogP) is 0.501.